The summed E-state index contributed by atoms with van der Waals surface area (Å²) in [7, 11) is -3.56. The summed E-state index contributed by atoms with van der Waals surface area (Å²) in [6, 6.07) is 5.15. The molecular formula is C15H24N2O3S. The van der Waals surface area contributed by atoms with E-state index in [0.717, 1.165) is 24.0 Å². The topological polar surface area (TPSA) is 81.4 Å². The van der Waals surface area contributed by atoms with Gasteiger partial charge >= 0.3 is 0 Å². The molecule has 2 atom stereocenters. The maximum Gasteiger partial charge on any atom is 0.241 e. The van der Waals surface area contributed by atoms with E-state index in [1.807, 2.05) is 26.0 Å². The quantitative estimate of drug-likeness (QED) is 0.835. The standard InChI is InChI=1S/C15H24N2O3S/c1-3-13-7-6-12(10-16)9-15(13)21(18,19)17-11(2)14-5-4-8-20-14/h6-7,9,11,14,17H,3-5,8,10,16H2,1-2H3. The van der Waals surface area contributed by atoms with Crippen molar-refractivity contribution in [1.82, 2.24) is 4.72 Å². The van der Waals surface area contributed by atoms with Gasteiger partial charge in [0.1, 0.15) is 0 Å². The second-order valence-electron chi connectivity index (χ2n) is 5.46. The van der Waals surface area contributed by atoms with E-state index < -0.39 is 10.0 Å². The van der Waals surface area contributed by atoms with Crippen LogP contribution in [-0.4, -0.2) is 27.2 Å². The zero-order valence-corrected chi connectivity index (χ0v) is 13.4. The van der Waals surface area contributed by atoms with Gasteiger partial charge in [-0.15, -0.1) is 0 Å². The maximum atomic E-state index is 12.6. The molecule has 1 heterocycles. The highest BCUT2D eigenvalue weighted by molar-refractivity contribution is 7.89. The van der Waals surface area contributed by atoms with Crippen molar-refractivity contribution in [3.05, 3.63) is 29.3 Å². The second kappa shape index (κ2) is 6.87. The van der Waals surface area contributed by atoms with Crippen molar-refractivity contribution in [2.45, 2.75) is 56.7 Å². The molecule has 0 amide bonds. The Hall–Kier alpha value is -0.950. The zero-order valence-electron chi connectivity index (χ0n) is 12.6. The van der Waals surface area contributed by atoms with Gasteiger partial charge in [-0.25, -0.2) is 13.1 Å². The summed E-state index contributed by atoms with van der Waals surface area (Å²) in [6.45, 7) is 4.83. The highest BCUT2D eigenvalue weighted by atomic mass is 32.2. The molecule has 0 radical (unpaired) electrons. The normalized spacial score (nSPS) is 20.6. The van der Waals surface area contributed by atoms with Gasteiger partial charge in [0.15, 0.2) is 0 Å². The number of benzene rings is 1. The first-order valence-corrected chi connectivity index (χ1v) is 8.92. The molecule has 1 aromatic rings. The van der Waals surface area contributed by atoms with Crippen LogP contribution in [0.5, 0.6) is 0 Å². The van der Waals surface area contributed by atoms with E-state index >= 15 is 0 Å². The first-order valence-electron chi connectivity index (χ1n) is 7.43. The molecule has 0 aliphatic carbocycles. The van der Waals surface area contributed by atoms with E-state index in [9.17, 15) is 8.42 Å². The van der Waals surface area contributed by atoms with Gasteiger partial charge in [0.05, 0.1) is 11.0 Å². The molecule has 1 fully saturated rings. The van der Waals surface area contributed by atoms with E-state index in [-0.39, 0.29) is 12.1 Å². The molecule has 5 nitrogen and oxygen atoms in total. The summed E-state index contributed by atoms with van der Waals surface area (Å²) in [5.74, 6) is 0. The largest absolute Gasteiger partial charge is 0.377 e. The smallest absolute Gasteiger partial charge is 0.241 e. The predicted molar refractivity (Wildman–Crippen MR) is 82.5 cm³/mol. The van der Waals surface area contributed by atoms with E-state index in [2.05, 4.69) is 4.72 Å². The molecule has 0 saturated carbocycles. The van der Waals surface area contributed by atoms with Crippen molar-refractivity contribution in [2.24, 2.45) is 5.73 Å². The molecule has 0 bridgehead atoms. The third kappa shape index (κ3) is 3.83. The Bertz CT molecular complexity index is 581. The number of hydrogen-bond donors (Lipinski definition) is 2. The van der Waals surface area contributed by atoms with Crippen LogP contribution < -0.4 is 10.5 Å². The molecule has 21 heavy (non-hydrogen) atoms. The van der Waals surface area contributed by atoms with Gasteiger partial charge < -0.3 is 10.5 Å². The van der Waals surface area contributed by atoms with Crippen molar-refractivity contribution in [2.75, 3.05) is 6.61 Å². The number of aryl methyl sites for hydroxylation is 1. The Morgan fingerprint density at radius 2 is 2.24 bits per heavy atom. The molecule has 6 heteroatoms. The molecule has 0 aromatic heterocycles. The Kier molecular flexibility index (Phi) is 5.37. The number of nitrogens with two attached hydrogens (primary N) is 1. The highest BCUT2D eigenvalue weighted by Gasteiger charge is 2.28. The number of ether oxygens (including phenoxy) is 1. The molecular weight excluding hydrogens is 288 g/mol. The van der Waals surface area contributed by atoms with Gasteiger partial charge in [-0.2, -0.15) is 0 Å². The van der Waals surface area contributed by atoms with Gasteiger partial charge in [-0.1, -0.05) is 19.1 Å². The summed E-state index contributed by atoms with van der Waals surface area (Å²) >= 11 is 0. The first-order chi connectivity index (χ1) is 9.97. The fourth-order valence-corrected chi connectivity index (χ4v) is 4.28. The molecule has 3 N–H and O–H groups in total. The van der Waals surface area contributed by atoms with Gasteiger partial charge in [0.25, 0.3) is 0 Å². The summed E-state index contributed by atoms with van der Waals surface area (Å²) in [5.41, 5.74) is 7.24. The number of sulfonamides is 1. The van der Waals surface area contributed by atoms with Crippen LogP contribution in [0, 0.1) is 0 Å². The Labute approximate surface area is 126 Å². The summed E-state index contributed by atoms with van der Waals surface area (Å²) in [5, 5.41) is 0. The number of nitrogens with one attached hydrogen (secondary N) is 1. The summed E-state index contributed by atoms with van der Waals surface area (Å²) < 4.78 is 33.6. The van der Waals surface area contributed by atoms with Crippen LogP contribution in [0.4, 0.5) is 0 Å². The summed E-state index contributed by atoms with van der Waals surface area (Å²) in [4.78, 5) is 0.331. The van der Waals surface area contributed by atoms with Crippen LogP contribution in [0.15, 0.2) is 23.1 Å². The fourth-order valence-electron chi connectivity index (χ4n) is 2.65. The van der Waals surface area contributed by atoms with E-state index in [4.69, 9.17) is 10.5 Å². The minimum absolute atomic E-state index is 0.0393. The van der Waals surface area contributed by atoms with Crippen LogP contribution >= 0.6 is 0 Å². The third-order valence-corrected chi connectivity index (χ3v) is 5.54. The zero-order chi connectivity index (χ0) is 15.5. The van der Waals surface area contributed by atoms with E-state index in [0.29, 0.717) is 24.5 Å². The van der Waals surface area contributed by atoms with Gasteiger partial charge in [-0.05, 0) is 43.4 Å². The molecule has 0 spiro atoms. The molecule has 1 aromatic carbocycles. The van der Waals surface area contributed by atoms with Crippen molar-refractivity contribution in [3.63, 3.8) is 0 Å². The lowest BCUT2D eigenvalue weighted by Crippen LogP contribution is -2.41. The second-order valence-corrected chi connectivity index (χ2v) is 7.14. The lowest BCUT2D eigenvalue weighted by atomic mass is 10.1. The molecule has 1 aliphatic rings. The lowest BCUT2D eigenvalue weighted by molar-refractivity contribution is 0.0902. The van der Waals surface area contributed by atoms with Gasteiger partial charge in [-0.3, -0.25) is 0 Å². The van der Waals surface area contributed by atoms with Crippen LogP contribution in [-0.2, 0) is 27.7 Å². The SMILES string of the molecule is CCc1ccc(CN)cc1S(=O)(=O)NC(C)C1CCCO1. The minimum atomic E-state index is -3.56. The lowest BCUT2D eigenvalue weighted by Gasteiger charge is -2.21. The van der Waals surface area contributed by atoms with Gasteiger partial charge in [0.2, 0.25) is 10.0 Å². The van der Waals surface area contributed by atoms with Crippen LogP contribution in [0.1, 0.15) is 37.8 Å². The van der Waals surface area contributed by atoms with Crippen molar-refractivity contribution < 1.29 is 13.2 Å². The molecule has 118 valence electrons. The molecule has 2 unspecified atom stereocenters. The van der Waals surface area contributed by atoms with Crippen LogP contribution in [0.2, 0.25) is 0 Å². The van der Waals surface area contributed by atoms with Crippen molar-refractivity contribution >= 4 is 10.0 Å². The first kappa shape index (κ1) is 16.4. The highest BCUT2D eigenvalue weighted by Crippen LogP contribution is 2.21. The molecule has 1 saturated heterocycles. The van der Waals surface area contributed by atoms with Crippen molar-refractivity contribution in [3.8, 4) is 0 Å². The summed E-state index contributed by atoms with van der Waals surface area (Å²) in [6.07, 6.45) is 2.50. The Morgan fingerprint density at radius 3 is 2.81 bits per heavy atom. The number of rotatable bonds is 6. The van der Waals surface area contributed by atoms with E-state index in [1.54, 1.807) is 6.07 Å². The Morgan fingerprint density at radius 1 is 1.48 bits per heavy atom. The molecule has 1 aliphatic heterocycles. The average Bonchev–Trinajstić information content (AvgIpc) is 3.00. The maximum absolute atomic E-state index is 12.6. The molecule has 2 rings (SSSR count). The number of hydrogen-bond acceptors (Lipinski definition) is 4. The monoisotopic (exact) mass is 312 g/mol. The van der Waals surface area contributed by atoms with E-state index in [1.165, 1.54) is 0 Å². The fraction of sp³-hybridized carbons (Fsp3) is 0.600. The van der Waals surface area contributed by atoms with Crippen LogP contribution in [0.3, 0.4) is 0 Å². The van der Waals surface area contributed by atoms with Gasteiger partial charge in [0, 0.05) is 19.2 Å². The average molecular weight is 312 g/mol. The Balaban J connectivity index is 2.25. The van der Waals surface area contributed by atoms with Crippen molar-refractivity contribution in [1.29, 1.82) is 0 Å². The third-order valence-electron chi connectivity index (χ3n) is 3.90. The van der Waals surface area contributed by atoms with Crippen LogP contribution in [0.25, 0.3) is 0 Å². The predicted octanol–water partition coefficient (Wildman–Crippen LogP) is 1.55. The minimum Gasteiger partial charge on any atom is -0.377 e.